The molecule has 4 nitrogen and oxygen atoms in total. The number of fused-ring (bicyclic) bond motifs is 6. The largest absolute Gasteiger partial charge is 0.290 e. The Morgan fingerprint density at radius 2 is 1.43 bits per heavy atom. The predicted octanol–water partition coefficient (Wildman–Crippen LogP) is 5.22. The van der Waals surface area contributed by atoms with Crippen LogP contribution in [0.25, 0.3) is 32.3 Å². The highest BCUT2D eigenvalue weighted by atomic mass is 16.2. The first kappa shape index (κ1) is 17.0. The first-order valence-electron chi connectivity index (χ1n) is 9.94. The first-order chi connectivity index (χ1) is 14.7. The Kier molecular flexibility index (Phi) is 3.56. The summed E-state index contributed by atoms with van der Waals surface area (Å²) in [6.45, 7) is 0. The van der Waals surface area contributed by atoms with Crippen molar-refractivity contribution in [1.29, 1.82) is 0 Å². The fourth-order valence-corrected chi connectivity index (χ4v) is 4.76. The van der Waals surface area contributed by atoms with E-state index in [9.17, 15) is 9.59 Å². The molecule has 1 heterocycles. The molecule has 4 heteroatoms. The molecule has 142 valence electrons. The van der Waals surface area contributed by atoms with Crippen LogP contribution in [0.4, 0.5) is 0 Å². The van der Waals surface area contributed by atoms with Crippen LogP contribution in [0, 0.1) is 0 Å². The number of nitrogens with zero attached hydrogens (tertiary/aromatic N) is 2. The Hall–Kier alpha value is -3.92. The summed E-state index contributed by atoms with van der Waals surface area (Å²) in [6, 6.07) is 24.0. The molecule has 0 radical (unpaired) electrons. The lowest BCUT2D eigenvalue weighted by molar-refractivity contribution is -0.115. The van der Waals surface area contributed by atoms with E-state index in [2.05, 4.69) is 34.5 Å². The summed E-state index contributed by atoms with van der Waals surface area (Å²) in [5.74, 6) is -1.10. The summed E-state index contributed by atoms with van der Waals surface area (Å²) >= 11 is 0. The molecule has 1 unspecified atom stereocenters. The average molecular weight is 388 g/mol. The molecular weight excluding hydrogens is 372 g/mol. The van der Waals surface area contributed by atoms with Crippen molar-refractivity contribution in [3.8, 4) is 0 Å². The third kappa shape index (κ3) is 2.34. The van der Waals surface area contributed by atoms with E-state index in [4.69, 9.17) is 0 Å². The molecule has 6 rings (SSSR count). The lowest BCUT2D eigenvalue weighted by Crippen LogP contribution is -2.27. The van der Waals surface area contributed by atoms with Crippen LogP contribution < -0.4 is 0 Å². The van der Waals surface area contributed by atoms with Gasteiger partial charge in [-0.15, -0.1) is 0 Å². The van der Waals surface area contributed by atoms with Crippen LogP contribution in [0.5, 0.6) is 0 Å². The standard InChI is InChI=1S/C26H16N2O2/c29-23-13-22(25-18-8-4-2-6-16(18)14-27-28-25)24-20-10-9-15-5-1-3-7-17(15)19(20)11-12-21(24)26(23)30/h1-12,14,22H,13H2. The minimum atomic E-state index is -0.412. The molecule has 0 fully saturated rings. The van der Waals surface area contributed by atoms with E-state index in [0.717, 1.165) is 43.6 Å². The van der Waals surface area contributed by atoms with Crippen molar-refractivity contribution in [2.45, 2.75) is 12.3 Å². The van der Waals surface area contributed by atoms with Gasteiger partial charge in [0.25, 0.3) is 0 Å². The molecule has 0 bridgehead atoms. The first-order valence-corrected chi connectivity index (χ1v) is 9.94. The van der Waals surface area contributed by atoms with Gasteiger partial charge in [0.2, 0.25) is 11.6 Å². The second-order valence-electron chi connectivity index (χ2n) is 7.73. The van der Waals surface area contributed by atoms with Gasteiger partial charge in [0.1, 0.15) is 0 Å². The predicted molar refractivity (Wildman–Crippen MR) is 117 cm³/mol. The molecular formula is C26H16N2O2. The van der Waals surface area contributed by atoms with Crippen molar-refractivity contribution in [2.24, 2.45) is 0 Å². The zero-order chi connectivity index (χ0) is 20.2. The third-order valence-corrected chi connectivity index (χ3v) is 6.13. The quantitative estimate of drug-likeness (QED) is 0.292. The maximum Gasteiger partial charge on any atom is 0.228 e. The number of Topliss-reactive ketones (excluding diaryl/α,β-unsaturated/α-hetero) is 2. The SMILES string of the molecule is O=C1CC(c2nncc3ccccc23)c2c(ccc3c2ccc2ccccc23)C1=O. The summed E-state index contributed by atoms with van der Waals surface area (Å²) in [4.78, 5) is 25.4. The van der Waals surface area contributed by atoms with Gasteiger partial charge in [0, 0.05) is 28.7 Å². The van der Waals surface area contributed by atoms with E-state index in [1.807, 2.05) is 42.5 Å². The summed E-state index contributed by atoms with van der Waals surface area (Å²) in [6.07, 6.45) is 1.84. The van der Waals surface area contributed by atoms with Crippen molar-refractivity contribution in [2.75, 3.05) is 0 Å². The van der Waals surface area contributed by atoms with Crippen molar-refractivity contribution < 1.29 is 9.59 Å². The van der Waals surface area contributed by atoms with Gasteiger partial charge in [-0.25, -0.2) is 0 Å². The van der Waals surface area contributed by atoms with Crippen LogP contribution in [0.1, 0.15) is 34.0 Å². The number of hydrogen-bond donors (Lipinski definition) is 0. The maximum absolute atomic E-state index is 12.8. The summed E-state index contributed by atoms with van der Waals surface area (Å²) in [5.41, 5.74) is 2.11. The van der Waals surface area contributed by atoms with E-state index in [1.54, 1.807) is 12.3 Å². The topological polar surface area (TPSA) is 59.9 Å². The van der Waals surface area contributed by atoms with Crippen molar-refractivity contribution in [3.63, 3.8) is 0 Å². The van der Waals surface area contributed by atoms with Crippen molar-refractivity contribution in [3.05, 3.63) is 95.8 Å². The molecule has 0 spiro atoms. The smallest absolute Gasteiger partial charge is 0.228 e. The Morgan fingerprint density at radius 3 is 2.30 bits per heavy atom. The Bertz CT molecular complexity index is 1520. The third-order valence-electron chi connectivity index (χ3n) is 6.13. The van der Waals surface area contributed by atoms with Crippen LogP contribution in [0.15, 0.2) is 79.0 Å². The van der Waals surface area contributed by atoms with E-state index >= 15 is 0 Å². The molecule has 0 amide bonds. The van der Waals surface area contributed by atoms with E-state index < -0.39 is 5.78 Å². The number of ketones is 2. The summed E-state index contributed by atoms with van der Waals surface area (Å²) < 4.78 is 0. The molecule has 5 aromatic rings. The van der Waals surface area contributed by atoms with Crippen LogP contribution >= 0.6 is 0 Å². The molecule has 0 N–H and O–H groups in total. The number of rotatable bonds is 1. The van der Waals surface area contributed by atoms with E-state index in [1.165, 1.54) is 0 Å². The highest BCUT2D eigenvalue weighted by Crippen LogP contribution is 2.42. The Morgan fingerprint density at radius 1 is 0.700 bits per heavy atom. The molecule has 1 aromatic heterocycles. The van der Waals surface area contributed by atoms with Gasteiger partial charge in [0.15, 0.2) is 0 Å². The molecule has 0 saturated carbocycles. The lowest BCUT2D eigenvalue weighted by Gasteiger charge is -2.26. The van der Waals surface area contributed by atoms with Gasteiger partial charge in [-0.3, -0.25) is 9.59 Å². The van der Waals surface area contributed by atoms with E-state index in [-0.39, 0.29) is 18.1 Å². The van der Waals surface area contributed by atoms with Crippen LogP contribution in [0.3, 0.4) is 0 Å². The normalized spacial score (nSPS) is 16.3. The fraction of sp³-hybridized carbons (Fsp3) is 0.0769. The molecule has 1 aliphatic carbocycles. The number of benzene rings is 4. The summed E-state index contributed by atoms with van der Waals surface area (Å²) in [7, 11) is 0. The van der Waals surface area contributed by atoms with Crippen LogP contribution in [-0.2, 0) is 4.79 Å². The molecule has 1 aliphatic rings. The molecule has 1 atom stereocenters. The Labute approximate surface area is 172 Å². The van der Waals surface area contributed by atoms with Gasteiger partial charge in [-0.2, -0.15) is 10.2 Å². The maximum atomic E-state index is 12.8. The monoisotopic (exact) mass is 388 g/mol. The number of hydrogen-bond acceptors (Lipinski definition) is 4. The van der Waals surface area contributed by atoms with Crippen molar-refractivity contribution >= 4 is 43.9 Å². The highest BCUT2D eigenvalue weighted by molar-refractivity contribution is 6.45. The van der Waals surface area contributed by atoms with Gasteiger partial charge in [0.05, 0.1) is 11.9 Å². The zero-order valence-electron chi connectivity index (χ0n) is 16.0. The molecule has 30 heavy (non-hydrogen) atoms. The summed E-state index contributed by atoms with van der Waals surface area (Å²) in [5, 5.41) is 14.9. The van der Waals surface area contributed by atoms with Gasteiger partial charge >= 0.3 is 0 Å². The van der Waals surface area contributed by atoms with Gasteiger partial charge < -0.3 is 0 Å². The average Bonchev–Trinajstić information content (AvgIpc) is 2.80. The molecule has 0 aliphatic heterocycles. The molecule has 0 saturated heterocycles. The molecule has 4 aromatic carbocycles. The van der Waals surface area contributed by atoms with E-state index in [0.29, 0.717) is 5.56 Å². The van der Waals surface area contributed by atoms with Crippen LogP contribution in [-0.4, -0.2) is 21.8 Å². The zero-order valence-corrected chi connectivity index (χ0v) is 16.0. The minimum absolute atomic E-state index is 0.112. The van der Waals surface area contributed by atoms with Crippen molar-refractivity contribution in [1.82, 2.24) is 10.2 Å². The Balaban J connectivity index is 1.72. The second-order valence-corrected chi connectivity index (χ2v) is 7.73. The highest BCUT2D eigenvalue weighted by Gasteiger charge is 2.36. The number of carbonyl (C=O) groups excluding carboxylic acids is 2. The van der Waals surface area contributed by atoms with Gasteiger partial charge in [-0.05, 0) is 33.2 Å². The lowest BCUT2D eigenvalue weighted by atomic mass is 9.76. The number of carbonyl (C=O) groups is 2. The fourth-order valence-electron chi connectivity index (χ4n) is 4.76. The van der Waals surface area contributed by atoms with Crippen LogP contribution in [0.2, 0.25) is 0 Å². The minimum Gasteiger partial charge on any atom is -0.290 e. The van der Waals surface area contributed by atoms with Gasteiger partial charge in [-0.1, -0.05) is 66.7 Å². The number of aromatic nitrogens is 2. The second kappa shape index (κ2) is 6.29.